The van der Waals surface area contributed by atoms with Crippen LogP contribution in [0.4, 0.5) is 0 Å². The fourth-order valence-electron chi connectivity index (χ4n) is 4.87. The Bertz CT molecular complexity index is 810. The molecule has 0 aromatic heterocycles. The zero-order valence-electron chi connectivity index (χ0n) is 22.5. The van der Waals surface area contributed by atoms with Crippen LogP contribution in [0.3, 0.4) is 0 Å². The third-order valence-electron chi connectivity index (χ3n) is 7.21. The number of benzene rings is 2. The van der Waals surface area contributed by atoms with Crippen molar-refractivity contribution in [2.45, 2.75) is 130 Å². The van der Waals surface area contributed by atoms with E-state index in [1.165, 1.54) is 98.4 Å². The lowest BCUT2D eigenvalue weighted by atomic mass is 9.79. The van der Waals surface area contributed by atoms with E-state index in [-0.39, 0.29) is 5.41 Å². The van der Waals surface area contributed by atoms with E-state index in [1.807, 2.05) is 0 Å². The first-order chi connectivity index (χ1) is 15.7. The molecule has 0 saturated carbocycles. The van der Waals surface area contributed by atoms with Crippen LogP contribution in [-0.4, -0.2) is 5.11 Å². The van der Waals surface area contributed by atoms with Crippen molar-refractivity contribution >= 4 is 0 Å². The van der Waals surface area contributed by atoms with E-state index >= 15 is 0 Å². The van der Waals surface area contributed by atoms with Gasteiger partial charge < -0.3 is 5.11 Å². The summed E-state index contributed by atoms with van der Waals surface area (Å²) in [7, 11) is 0. The average Bonchev–Trinajstić information content (AvgIpc) is 2.76. The monoisotopic (exact) mass is 450 g/mol. The van der Waals surface area contributed by atoms with E-state index in [1.54, 1.807) is 12.1 Å². The number of aryl methyl sites for hydroxylation is 1. The second-order valence-electron chi connectivity index (χ2n) is 11.3. The second kappa shape index (κ2) is 13.8. The van der Waals surface area contributed by atoms with Crippen LogP contribution in [0.15, 0.2) is 36.4 Å². The Morgan fingerprint density at radius 1 is 0.788 bits per heavy atom. The van der Waals surface area contributed by atoms with E-state index < -0.39 is 0 Å². The number of phenols is 1. The molecule has 33 heavy (non-hydrogen) atoms. The minimum atomic E-state index is 0.160. The Hall–Kier alpha value is -1.76. The first kappa shape index (κ1) is 27.5. The predicted molar refractivity (Wildman–Crippen MR) is 146 cm³/mol. The highest BCUT2D eigenvalue weighted by Gasteiger charge is 2.20. The summed E-state index contributed by atoms with van der Waals surface area (Å²) in [5.74, 6) is 0.917. The van der Waals surface area contributed by atoms with Crippen LogP contribution in [0.25, 0.3) is 0 Å². The summed E-state index contributed by atoms with van der Waals surface area (Å²) in [6.45, 7) is 13.9. The summed E-state index contributed by atoms with van der Waals surface area (Å²) in [5, 5.41) is 9.67. The number of hydrogen-bond donors (Lipinski definition) is 1. The molecule has 0 aliphatic heterocycles. The molecular formula is C32H50O. The van der Waals surface area contributed by atoms with Gasteiger partial charge >= 0.3 is 0 Å². The Morgan fingerprint density at radius 3 is 1.88 bits per heavy atom. The molecule has 0 saturated heterocycles. The third-order valence-corrected chi connectivity index (χ3v) is 7.21. The normalized spacial score (nSPS) is 12.8. The number of rotatable bonds is 14. The quantitative estimate of drug-likeness (QED) is 0.284. The lowest BCUT2D eigenvalue weighted by molar-refractivity contribution is 0.475. The molecular weight excluding hydrogens is 400 g/mol. The van der Waals surface area contributed by atoms with Crippen LogP contribution in [-0.2, 0) is 11.8 Å². The first-order valence-corrected chi connectivity index (χ1v) is 13.6. The maximum Gasteiger partial charge on any atom is 0.115 e. The van der Waals surface area contributed by atoms with Crippen molar-refractivity contribution in [3.05, 3.63) is 64.2 Å². The standard InChI is InChI=1S/C32H50O/c1-7-8-9-10-11-12-13-14-15-16-17-25(2)31-24-28(32(4,5)6)22-26(3)30(31)23-27-18-20-29(33)21-19-27/h18-22,24-25,33H,7-17,23H2,1-6H3. The highest BCUT2D eigenvalue weighted by Crippen LogP contribution is 2.34. The van der Waals surface area contributed by atoms with Gasteiger partial charge in [0.25, 0.3) is 0 Å². The van der Waals surface area contributed by atoms with Crippen LogP contribution in [0.1, 0.15) is 139 Å². The number of phenolic OH excluding ortho intramolecular Hbond substituents is 1. The van der Waals surface area contributed by atoms with Crippen molar-refractivity contribution in [2.75, 3.05) is 0 Å². The average molecular weight is 451 g/mol. The van der Waals surface area contributed by atoms with Crippen molar-refractivity contribution in [3.63, 3.8) is 0 Å². The molecule has 0 heterocycles. The van der Waals surface area contributed by atoms with E-state index in [0.717, 1.165) is 6.42 Å². The van der Waals surface area contributed by atoms with Crippen molar-refractivity contribution in [2.24, 2.45) is 0 Å². The van der Waals surface area contributed by atoms with Gasteiger partial charge in [0, 0.05) is 0 Å². The minimum absolute atomic E-state index is 0.160. The molecule has 1 nitrogen and oxygen atoms in total. The number of aromatic hydroxyl groups is 1. The van der Waals surface area contributed by atoms with Crippen LogP contribution in [0, 0.1) is 6.92 Å². The Morgan fingerprint density at radius 2 is 1.33 bits per heavy atom. The number of hydrogen-bond acceptors (Lipinski definition) is 1. The van der Waals surface area contributed by atoms with Crippen molar-refractivity contribution in [3.8, 4) is 5.75 Å². The van der Waals surface area contributed by atoms with Crippen LogP contribution in [0.5, 0.6) is 5.75 Å². The van der Waals surface area contributed by atoms with Gasteiger partial charge in [-0.05, 0) is 71.0 Å². The van der Waals surface area contributed by atoms with Crippen molar-refractivity contribution in [1.29, 1.82) is 0 Å². The van der Waals surface area contributed by atoms with Gasteiger partial charge in [-0.2, -0.15) is 0 Å². The van der Waals surface area contributed by atoms with Gasteiger partial charge in [-0.1, -0.05) is 123 Å². The van der Waals surface area contributed by atoms with Gasteiger partial charge in [-0.3, -0.25) is 0 Å². The summed E-state index contributed by atoms with van der Waals surface area (Å²) in [6, 6.07) is 12.6. The van der Waals surface area contributed by atoms with Gasteiger partial charge in [0.05, 0.1) is 0 Å². The molecule has 0 aliphatic rings. The predicted octanol–water partition coefficient (Wildman–Crippen LogP) is 10.0. The highest BCUT2D eigenvalue weighted by atomic mass is 16.3. The fraction of sp³-hybridized carbons (Fsp3) is 0.625. The summed E-state index contributed by atoms with van der Waals surface area (Å²) in [6.07, 6.45) is 16.1. The third kappa shape index (κ3) is 9.55. The van der Waals surface area contributed by atoms with Gasteiger partial charge in [-0.25, -0.2) is 0 Å². The molecule has 0 bridgehead atoms. The van der Waals surface area contributed by atoms with Crippen LogP contribution >= 0.6 is 0 Å². The Kier molecular flexibility index (Phi) is 11.5. The molecule has 0 radical (unpaired) electrons. The molecule has 2 rings (SSSR count). The van der Waals surface area contributed by atoms with Gasteiger partial charge in [0.1, 0.15) is 5.75 Å². The largest absolute Gasteiger partial charge is 0.508 e. The van der Waals surface area contributed by atoms with Crippen LogP contribution in [0.2, 0.25) is 0 Å². The molecule has 0 aliphatic carbocycles. The first-order valence-electron chi connectivity index (χ1n) is 13.6. The fourth-order valence-corrected chi connectivity index (χ4v) is 4.87. The maximum atomic E-state index is 9.67. The molecule has 1 N–H and O–H groups in total. The zero-order chi connectivity index (χ0) is 24.3. The van der Waals surface area contributed by atoms with E-state index in [9.17, 15) is 5.11 Å². The maximum absolute atomic E-state index is 9.67. The summed E-state index contributed by atoms with van der Waals surface area (Å²) in [5.41, 5.74) is 7.29. The minimum Gasteiger partial charge on any atom is -0.508 e. The molecule has 1 heteroatoms. The molecule has 184 valence electrons. The lowest BCUT2D eigenvalue weighted by Crippen LogP contribution is -2.14. The highest BCUT2D eigenvalue weighted by molar-refractivity contribution is 5.45. The van der Waals surface area contributed by atoms with Gasteiger partial charge in [0.15, 0.2) is 0 Å². The molecule has 0 spiro atoms. The summed E-state index contributed by atoms with van der Waals surface area (Å²) >= 11 is 0. The number of unbranched alkanes of at least 4 members (excludes halogenated alkanes) is 9. The SMILES string of the molecule is CCCCCCCCCCCCC(C)c1cc(C(C)(C)C)cc(C)c1Cc1ccc(O)cc1. The molecule has 0 amide bonds. The summed E-state index contributed by atoms with van der Waals surface area (Å²) in [4.78, 5) is 0. The van der Waals surface area contributed by atoms with Crippen molar-refractivity contribution < 1.29 is 5.11 Å². The second-order valence-corrected chi connectivity index (χ2v) is 11.3. The van der Waals surface area contributed by atoms with E-state index in [0.29, 0.717) is 11.7 Å². The van der Waals surface area contributed by atoms with E-state index in [4.69, 9.17) is 0 Å². The van der Waals surface area contributed by atoms with Gasteiger partial charge in [0.2, 0.25) is 0 Å². The van der Waals surface area contributed by atoms with Gasteiger partial charge in [-0.15, -0.1) is 0 Å². The summed E-state index contributed by atoms with van der Waals surface area (Å²) < 4.78 is 0. The smallest absolute Gasteiger partial charge is 0.115 e. The molecule has 1 unspecified atom stereocenters. The van der Waals surface area contributed by atoms with Crippen molar-refractivity contribution in [1.82, 2.24) is 0 Å². The van der Waals surface area contributed by atoms with E-state index in [2.05, 4.69) is 65.8 Å². The Balaban J connectivity index is 1.98. The zero-order valence-corrected chi connectivity index (χ0v) is 22.5. The molecule has 0 fully saturated rings. The molecule has 2 aromatic carbocycles. The molecule has 1 atom stereocenters. The van der Waals surface area contributed by atoms with Crippen LogP contribution < -0.4 is 0 Å². The molecule has 2 aromatic rings. The topological polar surface area (TPSA) is 20.2 Å². The lowest BCUT2D eigenvalue weighted by Gasteiger charge is -2.26. The Labute approximate surface area is 205 Å².